The number of amides is 1. The molecule has 0 heterocycles. The van der Waals surface area contributed by atoms with Gasteiger partial charge in [-0.3, -0.25) is 4.79 Å². The molecule has 0 aromatic heterocycles. The van der Waals surface area contributed by atoms with Gasteiger partial charge in [0, 0.05) is 4.47 Å². The molecule has 0 radical (unpaired) electrons. The van der Waals surface area contributed by atoms with Gasteiger partial charge in [0.15, 0.2) is 0 Å². The molecule has 0 saturated heterocycles. The summed E-state index contributed by atoms with van der Waals surface area (Å²) in [6.45, 7) is 0. The number of methoxy groups -OCH3 is 1. The smallest absolute Gasteiger partial charge is 0.228 e. The number of ether oxygens (including phenoxy) is 1. The van der Waals surface area contributed by atoms with Crippen molar-refractivity contribution in [3.8, 4) is 5.75 Å². The van der Waals surface area contributed by atoms with Crippen LogP contribution in [0.25, 0.3) is 0 Å². The summed E-state index contributed by atoms with van der Waals surface area (Å²) in [6.07, 6.45) is 0.267. The SMILES string of the molecule is COc1cccc(CC(=O)Nc2cc(Br)ccc2N)c1. The fourth-order valence-electron chi connectivity index (χ4n) is 1.80. The second kappa shape index (κ2) is 6.43. The number of hydrogen-bond donors (Lipinski definition) is 2. The minimum atomic E-state index is -0.122. The Morgan fingerprint density at radius 3 is 2.85 bits per heavy atom. The third kappa shape index (κ3) is 3.74. The van der Waals surface area contributed by atoms with Crippen LogP contribution in [-0.2, 0) is 11.2 Å². The Kier molecular flexibility index (Phi) is 4.63. The maximum Gasteiger partial charge on any atom is 0.228 e. The van der Waals surface area contributed by atoms with Gasteiger partial charge in [-0.05, 0) is 35.9 Å². The largest absolute Gasteiger partial charge is 0.497 e. The van der Waals surface area contributed by atoms with E-state index in [9.17, 15) is 4.79 Å². The summed E-state index contributed by atoms with van der Waals surface area (Å²) in [5.41, 5.74) is 7.84. The van der Waals surface area contributed by atoms with Gasteiger partial charge in [-0.2, -0.15) is 0 Å². The van der Waals surface area contributed by atoms with Crippen molar-refractivity contribution < 1.29 is 9.53 Å². The van der Waals surface area contributed by atoms with Crippen LogP contribution in [0.4, 0.5) is 11.4 Å². The Hall–Kier alpha value is -2.01. The fourth-order valence-corrected chi connectivity index (χ4v) is 2.16. The number of hydrogen-bond acceptors (Lipinski definition) is 3. The van der Waals surface area contributed by atoms with E-state index in [1.54, 1.807) is 19.2 Å². The van der Waals surface area contributed by atoms with Gasteiger partial charge in [-0.1, -0.05) is 28.1 Å². The lowest BCUT2D eigenvalue weighted by molar-refractivity contribution is -0.115. The first kappa shape index (κ1) is 14.4. The molecule has 0 spiro atoms. The van der Waals surface area contributed by atoms with Crippen LogP contribution < -0.4 is 15.8 Å². The molecule has 0 aliphatic carbocycles. The minimum absolute atomic E-state index is 0.122. The number of rotatable bonds is 4. The molecule has 0 unspecified atom stereocenters. The summed E-state index contributed by atoms with van der Waals surface area (Å²) in [6, 6.07) is 12.8. The maximum atomic E-state index is 12.0. The van der Waals surface area contributed by atoms with Crippen LogP contribution in [0.2, 0.25) is 0 Å². The highest BCUT2D eigenvalue weighted by Gasteiger charge is 2.07. The average molecular weight is 335 g/mol. The van der Waals surface area contributed by atoms with Crippen molar-refractivity contribution in [2.45, 2.75) is 6.42 Å². The van der Waals surface area contributed by atoms with E-state index in [1.807, 2.05) is 30.3 Å². The van der Waals surface area contributed by atoms with Gasteiger partial charge >= 0.3 is 0 Å². The van der Waals surface area contributed by atoms with E-state index in [4.69, 9.17) is 10.5 Å². The molecule has 1 amide bonds. The van der Waals surface area contributed by atoms with Crippen molar-refractivity contribution in [3.05, 3.63) is 52.5 Å². The molecule has 104 valence electrons. The van der Waals surface area contributed by atoms with Crippen LogP contribution >= 0.6 is 15.9 Å². The number of nitrogens with one attached hydrogen (secondary N) is 1. The summed E-state index contributed by atoms with van der Waals surface area (Å²) < 4.78 is 6.00. The zero-order chi connectivity index (χ0) is 14.5. The van der Waals surface area contributed by atoms with Crippen LogP contribution in [0.3, 0.4) is 0 Å². The standard InChI is InChI=1S/C15H15BrN2O2/c1-20-12-4-2-3-10(7-12)8-15(19)18-14-9-11(16)5-6-13(14)17/h2-7,9H,8,17H2,1H3,(H,18,19). The van der Waals surface area contributed by atoms with E-state index >= 15 is 0 Å². The molecule has 0 atom stereocenters. The highest BCUT2D eigenvalue weighted by atomic mass is 79.9. The number of nitrogen functional groups attached to an aromatic ring is 1. The lowest BCUT2D eigenvalue weighted by Gasteiger charge is -2.09. The normalized spacial score (nSPS) is 10.1. The number of benzene rings is 2. The van der Waals surface area contributed by atoms with Crippen molar-refractivity contribution in [1.82, 2.24) is 0 Å². The maximum absolute atomic E-state index is 12.0. The predicted molar refractivity (Wildman–Crippen MR) is 83.9 cm³/mol. The lowest BCUT2D eigenvalue weighted by atomic mass is 10.1. The van der Waals surface area contributed by atoms with Crippen LogP contribution in [0, 0.1) is 0 Å². The Morgan fingerprint density at radius 1 is 1.30 bits per heavy atom. The van der Waals surface area contributed by atoms with Crippen LogP contribution in [0.5, 0.6) is 5.75 Å². The summed E-state index contributed by atoms with van der Waals surface area (Å²) in [5.74, 6) is 0.611. The topological polar surface area (TPSA) is 64.3 Å². The van der Waals surface area contributed by atoms with Crippen molar-refractivity contribution in [1.29, 1.82) is 0 Å². The van der Waals surface area contributed by atoms with E-state index in [-0.39, 0.29) is 12.3 Å². The van der Waals surface area contributed by atoms with E-state index in [1.165, 1.54) is 0 Å². The Morgan fingerprint density at radius 2 is 2.10 bits per heavy atom. The first-order valence-electron chi connectivity index (χ1n) is 6.06. The van der Waals surface area contributed by atoms with Crippen LogP contribution in [0.15, 0.2) is 46.9 Å². The summed E-state index contributed by atoms with van der Waals surface area (Å²) >= 11 is 3.35. The molecule has 2 aromatic rings. The van der Waals surface area contributed by atoms with E-state index < -0.39 is 0 Å². The van der Waals surface area contributed by atoms with Crippen molar-refractivity contribution in [2.75, 3.05) is 18.2 Å². The number of carbonyl (C=O) groups excluding carboxylic acids is 1. The third-order valence-corrected chi connectivity index (χ3v) is 3.28. The van der Waals surface area contributed by atoms with Crippen molar-refractivity contribution in [3.63, 3.8) is 0 Å². The highest BCUT2D eigenvalue weighted by molar-refractivity contribution is 9.10. The number of nitrogens with two attached hydrogens (primary N) is 1. The van der Waals surface area contributed by atoms with Gasteiger partial charge in [0.2, 0.25) is 5.91 Å². The second-order valence-corrected chi connectivity index (χ2v) is 5.22. The number of anilines is 2. The van der Waals surface area contributed by atoms with Gasteiger partial charge in [0.05, 0.1) is 24.9 Å². The quantitative estimate of drug-likeness (QED) is 0.843. The van der Waals surface area contributed by atoms with Crippen LogP contribution in [-0.4, -0.2) is 13.0 Å². The van der Waals surface area contributed by atoms with Crippen molar-refractivity contribution >= 4 is 33.2 Å². The molecular formula is C15H15BrN2O2. The first-order valence-corrected chi connectivity index (χ1v) is 6.85. The molecule has 20 heavy (non-hydrogen) atoms. The zero-order valence-electron chi connectivity index (χ0n) is 11.0. The number of carbonyl (C=O) groups is 1. The lowest BCUT2D eigenvalue weighted by Crippen LogP contribution is -2.15. The molecule has 0 bridgehead atoms. The Bertz CT molecular complexity index is 629. The highest BCUT2D eigenvalue weighted by Crippen LogP contribution is 2.23. The molecule has 5 heteroatoms. The molecule has 3 N–H and O–H groups in total. The van der Waals surface area contributed by atoms with Gasteiger partial charge in [-0.25, -0.2) is 0 Å². The monoisotopic (exact) mass is 334 g/mol. The van der Waals surface area contributed by atoms with E-state index in [2.05, 4.69) is 21.2 Å². The second-order valence-electron chi connectivity index (χ2n) is 4.31. The summed E-state index contributed by atoms with van der Waals surface area (Å²) in [5, 5.41) is 2.80. The molecule has 0 aliphatic heterocycles. The predicted octanol–water partition coefficient (Wildman–Crippen LogP) is 3.22. The Balaban J connectivity index is 2.07. The van der Waals surface area contributed by atoms with Gasteiger partial charge in [-0.15, -0.1) is 0 Å². The minimum Gasteiger partial charge on any atom is -0.497 e. The molecule has 2 rings (SSSR count). The zero-order valence-corrected chi connectivity index (χ0v) is 12.6. The van der Waals surface area contributed by atoms with Gasteiger partial charge in [0.1, 0.15) is 5.75 Å². The Labute approximate surface area is 126 Å². The molecule has 4 nitrogen and oxygen atoms in total. The molecule has 0 aliphatic rings. The molecule has 0 saturated carbocycles. The van der Waals surface area contributed by atoms with E-state index in [0.717, 1.165) is 15.8 Å². The van der Waals surface area contributed by atoms with E-state index in [0.29, 0.717) is 11.4 Å². The summed E-state index contributed by atoms with van der Waals surface area (Å²) in [4.78, 5) is 12.0. The van der Waals surface area contributed by atoms with Crippen LogP contribution in [0.1, 0.15) is 5.56 Å². The van der Waals surface area contributed by atoms with Crippen molar-refractivity contribution in [2.24, 2.45) is 0 Å². The number of halogens is 1. The molecule has 0 fully saturated rings. The molecular weight excluding hydrogens is 320 g/mol. The third-order valence-electron chi connectivity index (χ3n) is 2.79. The fraction of sp³-hybridized carbons (Fsp3) is 0.133. The summed E-state index contributed by atoms with van der Waals surface area (Å²) in [7, 11) is 1.60. The van der Waals surface area contributed by atoms with Gasteiger partial charge in [0.25, 0.3) is 0 Å². The van der Waals surface area contributed by atoms with Gasteiger partial charge < -0.3 is 15.8 Å². The molecule has 2 aromatic carbocycles. The average Bonchev–Trinajstić information content (AvgIpc) is 2.43. The first-order chi connectivity index (χ1) is 9.58.